The van der Waals surface area contributed by atoms with Gasteiger partial charge in [-0.05, 0) is 6.07 Å². The summed E-state index contributed by atoms with van der Waals surface area (Å²) in [4.78, 5) is 15.6. The third kappa shape index (κ3) is 1.95. The van der Waals surface area contributed by atoms with Crippen molar-refractivity contribution in [2.75, 3.05) is 14.2 Å². The van der Waals surface area contributed by atoms with E-state index >= 15 is 0 Å². The third-order valence-corrected chi connectivity index (χ3v) is 2.97. The average Bonchev–Trinajstić information content (AvgIpc) is 2.67. The van der Waals surface area contributed by atoms with E-state index in [1.165, 1.54) is 14.2 Å². The number of amides is 1. The maximum Gasteiger partial charge on any atom is 0.256 e. The molecule has 0 radical (unpaired) electrons. The van der Waals surface area contributed by atoms with Gasteiger partial charge in [0, 0.05) is 5.56 Å². The molecule has 0 spiro atoms. The van der Waals surface area contributed by atoms with Gasteiger partial charge in [0.05, 0.1) is 19.2 Å². The molecule has 1 heterocycles. The van der Waals surface area contributed by atoms with E-state index < -0.39 is 6.04 Å². The third-order valence-electron chi connectivity index (χ3n) is 2.58. The largest absolute Gasteiger partial charge is 0.493 e. The van der Waals surface area contributed by atoms with E-state index in [2.05, 4.69) is 10.3 Å². The first-order valence-corrected chi connectivity index (χ1v) is 5.50. The van der Waals surface area contributed by atoms with Crippen molar-refractivity contribution < 1.29 is 14.3 Å². The van der Waals surface area contributed by atoms with Gasteiger partial charge < -0.3 is 15.2 Å². The maximum absolute atomic E-state index is 11.7. The molecule has 7 heteroatoms. The summed E-state index contributed by atoms with van der Waals surface area (Å²) in [5.74, 6) is 0.615. The number of rotatable bonds is 3. The molecule has 1 unspecified atom stereocenters. The number of nitrogens with two attached hydrogens (primary N) is 1. The molecule has 3 N–H and O–H groups in total. The van der Waals surface area contributed by atoms with Gasteiger partial charge in [-0.2, -0.15) is 0 Å². The molecule has 0 saturated carbocycles. The van der Waals surface area contributed by atoms with Gasteiger partial charge in [0.15, 0.2) is 23.5 Å². The number of guanidine groups is 1. The molecular weight excluding hydrogens is 258 g/mol. The Labute approximate surface area is 109 Å². The normalized spacial score (nSPS) is 18.3. The number of ether oxygens (including phenoxy) is 2. The highest BCUT2D eigenvalue weighted by atomic mass is 35.5. The fourth-order valence-electron chi connectivity index (χ4n) is 1.75. The van der Waals surface area contributed by atoms with E-state index in [0.29, 0.717) is 17.1 Å². The zero-order valence-corrected chi connectivity index (χ0v) is 10.6. The zero-order valence-electron chi connectivity index (χ0n) is 9.86. The fraction of sp³-hybridized carbons (Fsp3) is 0.273. The Balaban J connectivity index is 2.50. The van der Waals surface area contributed by atoms with Gasteiger partial charge >= 0.3 is 0 Å². The second-order valence-corrected chi connectivity index (χ2v) is 3.99. The van der Waals surface area contributed by atoms with Crippen LogP contribution >= 0.6 is 11.6 Å². The predicted octanol–water partition coefficient (Wildman–Crippen LogP) is 0.843. The van der Waals surface area contributed by atoms with E-state index in [9.17, 15) is 4.79 Å². The first-order valence-electron chi connectivity index (χ1n) is 5.13. The molecule has 0 bridgehead atoms. The van der Waals surface area contributed by atoms with Crippen molar-refractivity contribution in [2.45, 2.75) is 6.04 Å². The summed E-state index contributed by atoms with van der Waals surface area (Å²) in [5, 5.41) is 2.70. The van der Waals surface area contributed by atoms with Crippen molar-refractivity contribution in [3.8, 4) is 11.5 Å². The van der Waals surface area contributed by atoms with Crippen LogP contribution in [0.1, 0.15) is 11.6 Å². The number of aliphatic imine (C=N–C) groups is 1. The van der Waals surface area contributed by atoms with Crippen molar-refractivity contribution in [1.29, 1.82) is 0 Å². The molecule has 1 amide bonds. The minimum atomic E-state index is -0.752. The van der Waals surface area contributed by atoms with Gasteiger partial charge in [-0.25, -0.2) is 4.99 Å². The van der Waals surface area contributed by atoms with Crippen LogP contribution in [-0.2, 0) is 4.79 Å². The average molecular weight is 270 g/mol. The lowest BCUT2D eigenvalue weighted by Crippen LogP contribution is -2.31. The Morgan fingerprint density at radius 2 is 2.11 bits per heavy atom. The van der Waals surface area contributed by atoms with Crippen LogP contribution in [0.2, 0.25) is 5.02 Å². The number of methoxy groups -OCH3 is 2. The van der Waals surface area contributed by atoms with Crippen molar-refractivity contribution in [2.24, 2.45) is 10.7 Å². The van der Waals surface area contributed by atoms with Crippen LogP contribution in [0.3, 0.4) is 0 Å². The Morgan fingerprint density at radius 3 is 2.61 bits per heavy atom. The smallest absolute Gasteiger partial charge is 0.256 e. The molecule has 1 aliphatic heterocycles. The molecular formula is C11H12ClN3O3. The van der Waals surface area contributed by atoms with Crippen LogP contribution < -0.4 is 20.5 Å². The number of benzene rings is 1. The predicted molar refractivity (Wildman–Crippen MR) is 67.1 cm³/mol. The highest BCUT2D eigenvalue weighted by Crippen LogP contribution is 2.40. The molecule has 0 aromatic heterocycles. The van der Waals surface area contributed by atoms with E-state index in [0.717, 1.165) is 0 Å². The molecule has 6 nitrogen and oxygen atoms in total. The van der Waals surface area contributed by atoms with Gasteiger partial charge in [-0.15, -0.1) is 0 Å². The van der Waals surface area contributed by atoms with Crippen LogP contribution in [0.4, 0.5) is 0 Å². The van der Waals surface area contributed by atoms with E-state index in [4.69, 9.17) is 26.8 Å². The van der Waals surface area contributed by atoms with Gasteiger partial charge in [-0.3, -0.25) is 10.1 Å². The first-order chi connectivity index (χ1) is 8.58. The quantitative estimate of drug-likeness (QED) is 0.851. The van der Waals surface area contributed by atoms with Crippen molar-refractivity contribution in [3.05, 3.63) is 22.7 Å². The highest BCUT2D eigenvalue weighted by molar-refractivity contribution is 6.33. The highest BCUT2D eigenvalue weighted by Gasteiger charge is 2.30. The molecule has 1 atom stereocenters. The number of carbonyl (C=O) groups excluding carboxylic acids is 1. The van der Waals surface area contributed by atoms with Crippen molar-refractivity contribution in [3.63, 3.8) is 0 Å². The SMILES string of the molecule is COc1ccc(C2N=C(N)NC2=O)c(Cl)c1OC. The molecule has 0 fully saturated rings. The lowest BCUT2D eigenvalue weighted by atomic mass is 10.1. The molecule has 0 aliphatic carbocycles. The zero-order chi connectivity index (χ0) is 13.3. The standard InChI is InChI=1S/C11H12ClN3O3/c1-17-6-4-3-5(7(12)9(6)18-2)8-10(16)15-11(13)14-8/h3-4,8H,1-2H3,(H3,13,14,15,16). The summed E-state index contributed by atoms with van der Waals surface area (Å²) in [6.07, 6.45) is 0. The second-order valence-electron chi connectivity index (χ2n) is 3.61. The lowest BCUT2D eigenvalue weighted by molar-refractivity contribution is -0.120. The Morgan fingerprint density at radius 1 is 1.39 bits per heavy atom. The summed E-state index contributed by atoms with van der Waals surface area (Å²) >= 11 is 6.19. The molecule has 96 valence electrons. The molecule has 0 saturated heterocycles. The maximum atomic E-state index is 11.7. The minimum absolute atomic E-state index is 0.0795. The monoisotopic (exact) mass is 269 g/mol. The minimum Gasteiger partial charge on any atom is -0.493 e. The molecule has 18 heavy (non-hydrogen) atoms. The summed E-state index contributed by atoms with van der Waals surface area (Å²) in [6.45, 7) is 0. The lowest BCUT2D eigenvalue weighted by Gasteiger charge is -2.14. The molecule has 1 aromatic rings. The second kappa shape index (κ2) is 4.73. The Hall–Kier alpha value is -1.95. The van der Waals surface area contributed by atoms with Gasteiger partial charge in [-0.1, -0.05) is 17.7 Å². The van der Waals surface area contributed by atoms with Crippen LogP contribution in [0, 0.1) is 0 Å². The number of hydrogen-bond donors (Lipinski definition) is 2. The van der Waals surface area contributed by atoms with E-state index in [1.54, 1.807) is 12.1 Å². The van der Waals surface area contributed by atoms with Crippen LogP contribution in [-0.4, -0.2) is 26.1 Å². The van der Waals surface area contributed by atoms with Crippen LogP contribution in [0.25, 0.3) is 0 Å². The number of halogens is 1. The van der Waals surface area contributed by atoms with E-state index in [-0.39, 0.29) is 16.9 Å². The number of carbonyl (C=O) groups is 1. The van der Waals surface area contributed by atoms with Crippen LogP contribution in [0.5, 0.6) is 11.5 Å². The van der Waals surface area contributed by atoms with E-state index in [1.807, 2.05) is 0 Å². The number of hydrogen-bond acceptors (Lipinski definition) is 5. The molecule has 2 rings (SSSR count). The topological polar surface area (TPSA) is 85.9 Å². The van der Waals surface area contributed by atoms with Gasteiger partial charge in [0.2, 0.25) is 0 Å². The van der Waals surface area contributed by atoms with Gasteiger partial charge in [0.25, 0.3) is 5.91 Å². The Kier molecular flexibility index (Phi) is 3.29. The number of nitrogens with zero attached hydrogens (tertiary/aromatic N) is 1. The Bertz CT molecular complexity index is 531. The number of nitrogens with one attached hydrogen (secondary N) is 1. The summed E-state index contributed by atoms with van der Waals surface area (Å²) in [6, 6.07) is 2.57. The van der Waals surface area contributed by atoms with Crippen molar-refractivity contribution >= 4 is 23.5 Å². The van der Waals surface area contributed by atoms with Crippen LogP contribution in [0.15, 0.2) is 17.1 Å². The fourth-order valence-corrected chi connectivity index (χ4v) is 2.09. The van der Waals surface area contributed by atoms with Gasteiger partial charge in [0.1, 0.15) is 0 Å². The molecule has 1 aliphatic rings. The van der Waals surface area contributed by atoms with Crippen molar-refractivity contribution in [1.82, 2.24) is 5.32 Å². The summed E-state index contributed by atoms with van der Waals surface area (Å²) in [5.41, 5.74) is 5.97. The summed E-state index contributed by atoms with van der Waals surface area (Å²) in [7, 11) is 2.98. The molecule has 1 aromatic carbocycles. The summed E-state index contributed by atoms with van der Waals surface area (Å²) < 4.78 is 10.3. The first kappa shape index (κ1) is 12.5.